The van der Waals surface area contributed by atoms with Crippen LogP contribution in [-0.4, -0.2) is 35.3 Å². The van der Waals surface area contributed by atoms with Crippen LogP contribution < -0.4 is 5.32 Å². The SMILES string of the molecule is CC1CCC(N2CCC(=O)NC(C3CC3)C2=O)CC1C. The fourth-order valence-electron chi connectivity index (χ4n) is 3.73. The summed E-state index contributed by atoms with van der Waals surface area (Å²) in [6.07, 6.45) is 6.03. The molecule has 0 aromatic rings. The number of hydrogen-bond acceptors (Lipinski definition) is 2. The quantitative estimate of drug-likeness (QED) is 0.839. The fourth-order valence-corrected chi connectivity index (χ4v) is 3.73. The first-order valence-corrected chi connectivity index (χ1v) is 8.16. The highest BCUT2D eigenvalue weighted by atomic mass is 16.2. The van der Waals surface area contributed by atoms with E-state index in [1.54, 1.807) is 0 Å². The van der Waals surface area contributed by atoms with Gasteiger partial charge in [-0.05, 0) is 49.9 Å². The summed E-state index contributed by atoms with van der Waals surface area (Å²) in [5.41, 5.74) is 0. The third-order valence-electron chi connectivity index (χ3n) is 5.55. The van der Waals surface area contributed by atoms with E-state index in [4.69, 9.17) is 0 Å². The molecule has 4 nitrogen and oxygen atoms in total. The van der Waals surface area contributed by atoms with Gasteiger partial charge in [-0.15, -0.1) is 0 Å². The highest BCUT2D eigenvalue weighted by molar-refractivity contribution is 5.90. The van der Waals surface area contributed by atoms with Gasteiger partial charge in [-0.3, -0.25) is 9.59 Å². The molecule has 4 atom stereocenters. The first-order chi connectivity index (χ1) is 9.56. The second-order valence-corrected chi connectivity index (χ2v) is 7.09. The minimum atomic E-state index is -0.236. The number of carbonyl (C=O) groups excluding carboxylic acids is 2. The standard InChI is InChI=1S/C16H26N2O2/c1-10-3-6-13(9-11(10)2)18-8-7-14(19)17-15(16(18)20)12-4-5-12/h10-13,15H,3-9H2,1-2H3,(H,17,19). The maximum Gasteiger partial charge on any atom is 0.245 e. The normalized spacial score (nSPS) is 39.4. The fraction of sp³-hybridized carbons (Fsp3) is 0.875. The summed E-state index contributed by atoms with van der Waals surface area (Å²) < 4.78 is 0. The van der Waals surface area contributed by atoms with Crippen LogP contribution >= 0.6 is 0 Å². The number of nitrogens with zero attached hydrogens (tertiary/aromatic N) is 1. The smallest absolute Gasteiger partial charge is 0.245 e. The van der Waals surface area contributed by atoms with Crippen molar-refractivity contribution >= 4 is 11.8 Å². The molecule has 3 rings (SSSR count). The molecule has 3 aliphatic rings. The summed E-state index contributed by atoms with van der Waals surface area (Å²) in [5, 5.41) is 2.95. The highest BCUT2D eigenvalue weighted by Gasteiger charge is 2.43. The molecule has 0 spiro atoms. The molecule has 0 radical (unpaired) electrons. The maximum atomic E-state index is 12.8. The largest absolute Gasteiger partial charge is 0.344 e. The lowest BCUT2D eigenvalue weighted by Crippen LogP contribution is -2.51. The van der Waals surface area contributed by atoms with Crippen molar-refractivity contribution in [3.63, 3.8) is 0 Å². The summed E-state index contributed by atoms with van der Waals surface area (Å²) >= 11 is 0. The molecule has 0 bridgehead atoms. The van der Waals surface area contributed by atoms with Crippen molar-refractivity contribution in [2.45, 2.75) is 64.5 Å². The highest BCUT2D eigenvalue weighted by Crippen LogP contribution is 2.37. The molecule has 4 heteroatoms. The van der Waals surface area contributed by atoms with Crippen LogP contribution in [0.15, 0.2) is 0 Å². The van der Waals surface area contributed by atoms with Crippen molar-refractivity contribution < 1.29 is 9.59 Å². The maximum absolute atomic E-state index is 12.8. The summed E-state index contributed by atoms with van der Waals surface area (Å²) in [7, 11) is 0. The minimum Gasteiger partial charge on any atom is -0.344 e. The predicted octanol–water partition coefficient (Wildman–Crippen LogP) is 1.94. The zero-order valence-corrected chi connectivity index (χ0v) is 12.6. The molecule has 1 N–H and O–H groups in total. The average Bonchev–Trinajstić information content (AvgIpc) is 3.23. The number of hydrogen-bond donors (Lipinski definition) is 1. The third kappa shape index (κ3) is 2.70. The molecule has 4 unspecified atom stereocenters. The average molecular weight is 278 g/mol. The molecule has 2 amide bonds. The molecule has 1 aliphatic heterocycles. The lowest BCUT2D eigenvalue weighted by Gasteiger charge is -2.39. The Balaban J connectivity index is 1.73. The number of amides is 2. The monoisotopic (exact) mass is 278 g/mol. The first-order valence-electron chi connectivity index (χ1n) is 8.16. The molecule has 0 aromatic carbocycles. The lowest BCUT2D eigenvalue weighted by molar-refractivity contribution is -0.137. The van der Waals surface area contributed by atoms with Gasteiger partial charge >= 0.3 is 0 Å². The van der Waals surface area contributed by atoms with Gasteiger partial charge in [0.05, 0.1) is 0 Å². The second kappa shape index (κ2) is 5.38. The van der Waals surface area contributed by atoms with E-state index in [1.165, 1.54) is 6.42 Å². The molecule has 1 saturated heterocycles. The van der Waals surface area contributed by atoms with Crippen molar-refractivity contribution in [3.05, 3.63) is 0 Å². The van der Waals surface area contributed by atoms with Crippen molar-refractivity contribution in [3.8, 4) is 0 Å². The summed E-state index contributed by atoms with van der Waals surface area (Å²) in [5.74, 6) is 2.06. The van der Waals surface area contributed by atoms with E-state index in [0.717, 1.165) is 31.6 Å². The van der Waals surface area contributed by atoms with Gasteiger partial charge in [0.1, 0.15) is 6.04 Å². The lowest BCUT2D eigenvalue weighted by atomic mass is 9.78. The molecule has 112 valence electrons. The van der Waals surface area contributed by atoms with E-state index in [9.17, 15) is 9.59 Å². The molecule has 2 aliphatic carbocycles. The Labute approximate surface area is 121 Å². The van der Waals surface area contributed by atoms with Crippen LogP contribution in [0.1, 0.15) is 52.4 Å². The number of carbonyl (C=O) groups is 2. The number of nitrogens with one attached hydrogen (secondary N) is 1. The summed E-state index contributed by atoms with van der Waals surface area (Å²) in [6, 6.07) is 0.113. The van der Waals surface area contributed by atoms with Gasteiger partial charge < -0.3 is 10.2 Å². The van der Waals surface area contributed by atoms with Crippen LogP contribution in [0.3, 0.4) is 0 Å². The van der Waals surface area contributed by atoms with E-state index in [0.29, 0.717) is 30.8 Å². The van der Waals surface area contributed by atoms with Crippen LogP contribution in [0.25, 0.3) is 0 Å². The zero-order valence-electron chi connectivity index (χ0n) is 12.6. The van der Waals surface area contributed by atoms with E-state index >= 15 is 0 Å². The predicted molar refractivity (Wildman–Crippen MR) is 77.0 cm³/mol. The summed E-state index contributed by atoms with van der Waals surface area (Å²) in [4.78, 5) is 26.6. The number of rotatable bonds is 2. The Morgan fingerprint density at radius 2 is 1.80 bits per heavy atom. The molecular weight excluding hydrogens is 252 g/mol. The van der Waals surface area contributed by atoms with Crippen molar-refractivity contribution in [1.82, 2.24) is 10.2 Å². The summed E-state index contributed by atoms with van der Waals surface area (Å²) in [6.45, 7) is 5.21. The van der Waals surface area contributed by atoms with Crippen LogP contribution in [-0.2, 0) is 9.59 Å². The molecule has 1 heterocycles. The van der Waals surface area contributed by atoms with Crippen LogP contribution in [0.4, 0.5) is 0 Å². The third-order valence-corrected chi connectivity index (χ3v) is 5.55. The Kier molecular flexibility index (Phi) is 3.74. The van der Waals surface area contributed by atoms with Crippen LogP contribution in [0.2, 0.25) is 0 Å². The Morgan fingerprint density at radius 1 is 1.05 bits per heavy atom. The van der Waals surface area contributed by atoms with Gasteiger partial charge in [0, 0.05) is 19.0 Å². The Bertz CT molecular complexity index is 405. The molecule has 3 fully saturated rings. The molecule has 2 saturated carbocycles. The van der Waals surface area contributed by atoms with Crippen molar-refractivity contribution in [2.24, 2.45) is 17.8 Å². The second-order valence-electron chi connectivity index (χ2n) is 7.09. The zero-order chi connectivity index (χ0) is 14.3. The van der Waals surface area contributed by atoms with Gasteiger partial charge in [0.2, 0.25) is 11.8 Å². The van der Waals surface area contributed by atoms with Gasteiger partial charge in [-0.2, -0.15) is 0 Å². The molecular formula is C16H26N2O2. The van der Waals surface area contributed by atoms with Crippen LogP contribution in [0.5, 0.6) is 0 Å². The molecule has 0 aromatic heterocycles. The molecule has 20 heavy (non-hydrogen) atoms. The minimum absolute atomic E-state index is 0.0509. The first kappa shape index (κ1) is 13.9. The van der Waals surface area contributed by atoms with Gasteiger partial charge in [0.15, 0.2) is 0 Å². The van der Waals surface area contributed by atoms with Gasteiger partial charge in [-0.1, -0.05) is 13.8 Å². The van der Waals surface area contributed by atoms with E-state index in [2.05, 4.69) is 19.2 Å². The van der Waals surface area contributed by atoms with Crippen LogP contribution in [0, 0.1) is 17.8 Å². The van der Waals surface area contributed by atoms with Crippen molar-refractivity contribution in [1.29, 1.82) is 0 Å². The van der Waals surface area contributed by atoms with Crippen molar-refractivity contribution in [2.75, 3.05) is 6.54 Å². The Hall–Kier alpha value is -1.06. The topological polar surface area (TPSA) is 49.4 Å². The Morgan fingerprint density at radius 3 is 2.45 bits per heavy atom. The van der Waals surface area contributed by atoms with E-state index in [-0.39, 0.29) is 17.9 Å². The van der Waals surface area contributed by atoms with Gasteiger partial charge in [-0.25, -0.2) is 0 Å². The van der Waals surface area contributed by atoms with E-state index in [1.807, 2.05) is 4.90 Å². The van der Waals surface area contributed by atoms with E-state index < -0.39 is 0 Å². The van der Waals surface area contributed by atoms with Gasteiger partial charge in [0.25, 0.3) is 0 Å².